The third-order valence-electron chi connectivity index (χ3n) is 9.51. The Balaban J connectivity index is 4.48. The largest absolute Gasteiger partial charge is 0.462 e. The Morgan fingerprint density at radius 2 is 0.750 bits per heavy atom. The first kappa shape index (κ1) is 56.3. The average molecular weight is 829 g/mol. The molecule has 0 heterocycles. The zero-order valence-electron chi connectivity index (χ0n) is 38.7. The SMILES string of the molecule is CC/C=C\C/C=C\C/C=C\C/C=C\C/C=C\CCCC(=O)OCC(COCC/C=C\C/C=C\C/C=C\C/C=C\C/C=C\CC)OC(=O)CCCCCCCCCCCCC. The van der Waals surface area contributed by atoms with Crippen LogP contribution in [-0.4, -0.2) is 37.9 Å². The van der Waals surface area contributed by atoms with Gasteiger partial charge >= 0.3 is 11.9 Å². The number of unbranched alkanes of at least 4 members (excludes halogenated alkanes) is 11. The van der Waals surface area contributed by atoms with E-state index in [1.807, 2.05) is 0 Å². The van der Waals surface area contributed by atoms with Gasteiger partial charge in [0.2, 0.25) is 0 Å². The summed E-state index contributed by atoms with van der Waals surface area (Å²) in [5, 5.41) is 0. The minimum Gasteiger partial charge on any atom is -0.462 e. The average Bonchev–Trinajstić information content (AvgIpc) is 3.25. The van der Waals surface area contributed by atoms with Gasteiger partial charge in [0.15, 0.2) is 6.10 Å². The summed E-state index contributed by atoms with van der Waals surface area (Å²) in [6, 6.07) is 0. The molecule has 0 spiro atoms. The molecule has 0 aliphatic carbocycles. The summed E-state index contributed by atoms with van der Waals surface area (Å²) in [5.74, 6) is -0.515. The van der Waals surface area contributed by atoms with Crippen molar-refractivity contribution < 1.29 is 23.8 Å². The van der Waals surface area contributed by atoms with Crippen LogP contribution in [0.2, 0.25) is 0 Å². The van der Waals surface area contributed by atoms with Crippen LogP contribution in [0.25, 0.3) is 0 Å². The van der Waals surface area contributed by atoms with E-state index in [9.17, 15) is 9.59 Å². The number of carbonyl (C=O) groups is 2. The second kappa shape index (κ2) is 49.7. The summed E-state index contributed by atoms with van der Waals surface area (Å²) in [5.41, 5.74) is 0. The monoisotopic (exact) mass is 829 g/mol. The fourth-order valence-electron chi connectivity index (χ4n) is 6.02. The smallest absolute Gasteiger partial charge is 0.306 e. The second-order valence-corrected chi connectivity index (χ2v) is 15.3. The van der Waals surface area contributed by atoms with Gasteiger partial charge in [-0.25, -0.2) is 0 Å². The van der Waals surface area contributed by atoms with Gasteiger partial charge in [-0.2, -0.15) is 0 Å². The summed E-state index contributed by atoms with van der Waals surface area (Å²) in [6.45, 7) is 7.30. The molecule has 0 rings (SSSR count). The van der Waals surface area contributed by atoms with Crippen molar-refractivity contribution in [1.82, 2.24) is 0 Å². The van der Waals surface area contributed by atoms with E-state index in [1.165, 1.54) is 51.4 Å². The lowest BCUT2D eigenvalue weighted by Crippen LogP contribution is -2.30. The molecule has 0 aromatic heterocycles. The summed E-state index contributed by atoms with van der Waals surface area (Å²) < 4.78 is 17.2. The van der Waals surface area contributed by atoms with Gasteiger partial charge in [-0.05, 0) is 89.9 Å². The number of allylic oxidation sites excluding steroid dienone is 19. The lowest BCUT2D eigenvalue weighted by atomic mass is 10.1. The number of rotatable bonds is 42. The van der Waals surface area contributed by atoms with Gasteiger partial charge in [0.25, 0.3) is 0 Å². The van der Waals surface area contributed by atoms with Crippen LogP contribution in [0, 0.1) is 0 Å². The zero-order valence-corrected chi connectivity index (χ0v) is 38.7. The quantitative estimate of drug-likeness (QED) is 0.0348. The molecule has 0 aromatic rings. The molecule has 0 fully saturated rings. The molecule has 0 bridgehead atoms. The maximum absolute atomic E-state index is 12.7. The van der Waals surface area contributed by atoms with Crippen molar-refractivity contribution in [2.75, 3.05) is 19.8 Å². The molecule has 1 unspecified atom stereocenters. The first-order chi connectivity index (χ1) is 29.6. The summed E-state index contributed by atoms with van der Waals surface area (Å²) >= 11 is 0. The third kappa shape index (κ3) is 47.0. The molecule has 0 saturated carbocycles. The van der Waals surface area contributed by atoms with Crippen LogP contribution in [0.4, 0.5) is 0 Å². The highest BCUT2D eigenvalue weighted by molar-refractivity contribution is 5.70. The van der Waals surface area contributed by atoms with Crippen LogP contribution >= 0.6 is 0 Å². The van der Waals surface area contributed by atoms with Crippen LogP contribution in [0.3, 0.4) is 0 Å². The van der Waals surface area contributed by atoms with E-state index in [4.69, 9.17) is 14.2 Å². The number of hydrogen-bond acceptors (Lipinski definition) is 5. The molecule has 60 heavy (non-hydrogen) atoms. The molecule has 5 nitrogen and oxygen atoms in total. The van der Waals surface area contributed by atoms with Gasteiger partial charge in [0, 0.05) is 12.8 Å². The van der Waals surface area contributed by atoms with Crippen LogP contribution in [0.1, 0.15) is 188 Å². The summed E-state index contributed by atoms with van der Waals surface area (Å²) in [4.78, 5) is 25.3. The van der Waals surface area contributed by atoms with E-state index in [1.54, 1.807) is 0 Å². The Kier molecular flexibility index (Phi) is 46.6. The lowest BCUT2D eigenvalue weighted by molar-refractivity contribution is -0.162. The number of hydrogen-bond donors (Lipinski definition) is 0. The predicted molar refractivity (Wildman–Crippen MR) is 260 cm³/mol. The van der Waals surface area contributed by atoms with Gasteiger partial charge in [0.05, 0.1) is 13.2 Å². The third-order valence-corrected chi connectivity index (χ3v) is 9.51. The van der Waals surface area contributed by atoms with Gasteiger partial charge in [-0.15, -0.1) is 0 Å². The van der Waals surface area contributed by atoms with Gasteiger partial charge in [-0.3, -0.25) is 9.59 Å². The minimum atomic E-state index is -0.603. The molecule has 0 aliphatic heterocycles. The standard InChI is InChI=1S/C55H88O5/c1-4-7-10-13-16-19-22-24-26-28-29-31-34-36-39-42-45-48-54(56)59-52-53(60-55(57)49-46-43-40-37-33-21-18-15-12-9-6-3)51-58-50-47-44-41-38-35-32-30-27-25-23-20-17-14-11-8-5-2/h7-8,10-11,16-17,19-20,24-27,29,31-32,35-36,39,41,44,53H,4-6,9,12-15,18,21-23,28,30,33-34,37-38,40,42-43,45-52H2,1-3H3/b10-7-,11-8-,19-16-,20-17-,26-24-,27-25-,31-29-,35-32-,39-36-,44-41-. The second-order valence-electron chi connectivity index (χ2n) is 15.3. The number of esters is 2. The van der Waals surface area contributed by atoms with E-state index >= 15 is 0 Å². The van der Waals surface area contributed by atoms with E-state index in [-0.39, 0.29) is 25.2 Å². The minimum absolute atomic E-state index is 0.0200. The molecular formula is C55H88O5. The first-order valence-corrected chi connectivity index (χ1v) is 24.1. The molecular weight excluding hydrogens is 741 g/mol. The summed E-state index contributed by atoms with van der Waals surface area (Å²) in [7, 11) is 0. The maximum atomic E-state index is 12.7. The first-order valence-electron chi connectivity index (χ1n) is 24.1. The van der Waals surface area contributed by atoms with Crippen LogP contribution in [-0.2, 0) is 23.8 Å². The van der Waals surface area contributed by atoms with E-state index in [0.29, 0.717) is 19.4 Å². The highest BCUT2D eigenvalue weighted by Crippen LogP contribution is 2.13. The van der Waals surface area contributed by atoms with Crippen molar-refractivity contribution in [2.24, 2.45) is 0 Å². The van der Waals surface area contributed by atoms with Gasteiger partial charge in [0.1, 0.15) is 6.61 Å². The van der Waals surface area contributed by atoms with E-state index in [2.05, 4.69) is 142 Å². The van der Waals surface area contributed by atoms with Crippen LogP contribution < -0.4 is 0 Å². The molecule has 0 saturated heterocycles. The molecule has 0 N–H and O–H groups in total. The number of carbonyl (C=O) groups excluding carboxylic acids is 2. The van der Waals surface area contributed by atoms with Gasteiger partial charge < -0.3 is 14.2 Å². The Bertz CT molecular complexity index is 1260. The molecule has 1 atom stereocenters. The Hall–Kier alpha value is -3.70. The van der Waals surface area contributed by atoms with Crippen molar-refractivity contribution in [2.45, 2.75) is 194 Å². The van der Waals surface area contributed by atoms with Gasteiger partial charge in [-0.1, -0.05) is 206 Å². The number of ether oxygens (including phenoxy) is 3. The predicted octanol–water partition coefficient (Wildman–Crippen LogP) is 16.2. The fraction of sp³-hybridized carbons (Fsp3) is 0.600. The Morgan fingerprint density at radius 1 is 0.383 bits per heavy atom. The van der Waals surface area contributed by atoms with Crippen molar-refractivity contribution in [3.8, 4) is 0 Å². The lowest BCUT2D eigenvalue weighted by Gasteiger charge is -2.18. The topological polar surface area (TPSA) is 61.8 Å². The zero-order chi connectivity index (χ0) is 43.5. The Morgan fingerprint density at radius 3 is 1.18 bits per heavy atom. The normalized spacial score (nSPS) is 13.3. The Labute approximate surface area is 369 Å². The maximum Gasteiger partial charge on any atom is 0.306 e. The van der Waals surface area contributed by atoms with Crippen LogP contribution in [0.15, 0.2) is 122 Å². The molecule has 0 aliphatic rings. The van der Waals surface area contributed by atoms with E-state index in [0.717, 1.165) is 103 Å². The summed E-state index contributed by atoms with van der Waals surface area (Å²) in [6.07, 6.45) is 69.4. The van der Waals surface area contributed by atoms with Crippen molar-refractivity contribution in [3.05, 3.63) is 122 Å². The van der Waals surface area contributed by atoms with Crippen molar-refractivity contribution >= 4 is 11.9 Å². The van der Waals surface area contributed by atoms with Crippen molar-refractivity contribution in [3.63, 3.8) is 0 Å². The highest BCUT2D eigenvalue weighted by Gasteiger charge is 2.17. The highest BCUT2D eigenvalue weighted by atomic mass is 16.6. The van der Waals surface area contributed by atoms with Crippen LogP contribution in [0.5, 0.6) is 0 Å². The molecule has 338 valence electrons. The van der Waals surface area contributed by atoms with Crippen molar-refractivity contribution in [1.29, 1.82) is 0 Å². The molecule has 0 aromatic carbocycles. The van der Waals surface area contributed by atoms with E-state index < -0.39 is 6.10 Å². The molecule has 5 heteroatoms. The molecule has 0 amide bonds. The molecule has 0 radical (unpaired) electrons. The fourth-order valence-corrected chi connectivity index (χ4v) is 6.02.